The molecule has 0 N–H and O–H groups in total. The van der Waals surface area contributed by atoms with Gasteiger partial charge in [-0.25, -0.2) is 5.32 Å². The quantitative estimate of drug-likeness (QED) is 0.0936. The Labute approximate surface area is 209 Å². The third-order valence-corrected chi connectivity index (χ3v) is 8.02. The van der Waals surface area contributed by atoms with Gasteiger partial charge in [0.1, 0.15) is 0 Å². The minimum atomic E-state index is -3.62. The van der Waals surface area contributed by atoms with Crippen LogP contribution in [0.1, 0.15) is 95.5 Å². The van der Waals surface area contributed by atoms with Crippen molar-refractivity contribution in [2.45, 2.75) is 107 Å². The molecule has 1 atom stereocenters. The fourth-order valence-corrected chi connectivity index (χ4v) is 5.48. The van der Waals surface area contributed by atoms with Crippen LogP contribution >= 0.6 is 22.6 Å². The predicted molar refractivity (Wildman–Crippen MR) is 140 cm³/mol. The SMILES string of the molecule is Cc1ccc(S(=O)(=O)OCCCCCCCCCCCCC2(CC#CI)CCC[N]2)cc1. The summed E-state index contributed by atoms with van der Waals surface area (Å²) in [5.41, 5.74) is 1.20. The average Bonchev–Trinajstić information content (AvgIpc) is 3.25. The molecule has 179 valence electrons. The van der Waals surface area contributed by atoms with Gasteiger partial charge in [-0.3, -0.25) is 4.18 Å². The molecule has 1 aliphatic heterocycles. The maximum absolute atomic E-state index is 12.1. The first-order chi connectivity index (χ1) is 15.5. The normalized spacial score (nSPS) is 18.4. The molecule has 1 heterocycles. The molecule has 1 saturated heterocycles. The lowest BCUT2D eigenvalue weighted by Gasteiger charge is -2.25. The smallest absolute Gasteiger partial charge is 0.266 e. The third-order valence-electron chi connectivity index (χ3n) is 6.32. The van der Waals surface area contributed by atoms with E-state index in [0.29, 0.717) is 0 Å². The van der Waals surface area contributed by atoms with E-state index in [1.54, 1.807) is 24.3 Å². The van der Waals surface area contributed by atoms with Crippen LogP contribution in [0.4, 0.5) is 0 Å². The molecule has 6 heteroatoms. The molecule has 0 aliphatic carbocycles. The van der Waals surface area contributed by atoms with Gasteiger partial charge in [0.15, 0.2) is 0 Å². The summed E-state index contributed by atoms with van der Waals surface area (Å²) >= 11 is 2.13. The zero-order chi connectivity index (χ0) is 23.1. The second-order valence-corrected chi connectivity index (χ2v) is 11.2. The minimum absolute atomic E-state index is 0.168. The van der Waals surface area contributed by atoms with Gasteiger partial charge in [0.2, 0.25) is 0 Å². The van der Waals surface area contributed by atoms with E-state index in [1.807, 2.05) is 6.92 Å². The van der Waals surface area contributed by atoms with Crippen LogP contribution in [0, 0.1) is 16.8 Å². The fraction of sp³-hybridized carbons (Fsp3) is 0.692. The molecule has 0 saturated carbocycles. The Hall–Kier alpha value is -0.620. The summed E-state index contributed by atoms with van der Waals surface area (Å²) in [7, 11) is -3.62. The van der Waals surface area contributed by atoms with Crippen molar-refractivity contribution < 1.29 is 12.6 Å². The summed E-state index contributed by atoms with van der Waals surface area (Å²) in [6.07, 6.45) is 16.6. The molecule has 1 aromatic carbocycles. The lowest BCUT2D eigenvalue weighted by molar-refractivity contribution is 0.306. The Morgan fingerprint density at radius 3 is 2.12 bits per heavy atom. The van der Waals surface area contributed by atoms with Crippen molar-refractivity contribution in [2.75, 3.05) is 13.2 Å². The molecular weight excluding hydrogens is 533 g/mol. The van der Waals surface area contributed by atoms with Crippen LogP contribution in [-0.2, 0) is 14.3 Å². The first-order valence-electron chi connectivity index (χ1n) is 12.2. The second kappa shape index (κ2) is 15.3. The third kappa shape index (κ3) is 10.5. The first kappa shape index (κ1) is 27.6. The van der Waals surface area contributed by atoms with Crippen LogP contribution in [-0.4, -0.2) is 27.1 Å². The van der Waals surface area contributed by atoms with Gasteiger partial charge in [-0.05, 0) is 48.7 Å². The van der Waals surface area contributed by atoms with Gasteiger partial charge in [0.05, 0.1) is 11.5 Å². The van der Waals surface area contributed by atoms with Crippen molar-refractivity contribution in [3.63, 3.8) is 0 Å². The van der Waals surface area contributed by atoms with E-state index in [0.717, 1.165) is 37.8 Å². The van der Waals surface area contributed by atoms with Crippen LogP contribution < -0.4 is 5.32 Å². The van der Waals surface area contributed by atoms with Crippen LogP contribution in [0.25, 0.3) is 0 Å². The molecule has 1 radical (unpaired) electrons. The molecule has 0 aromatic heterocycles. The van der Waals surface area contributed by atoms with E-state index in [2.05, 4.69) is 32.4 Å². The molecule has 0 bridgehead atoms. The van der Waals surface area contributed by atoms with Gasteiger partial charge in [-0.1, -0.05) is 81.4 Å². The van der Waals surface area contributed by atoms with Gasteiger partial charge in [-0.15, -0.1) is 0 Å². The molecule has 1 aliphatic rings. The van der Waals surface area contributed by atoms with Crippen LogP contribution in [0.15, 0.2) is 29.2 Å². The number of halogens is 1. The first-order valence-corrected chi connectivity index (χ1v) is 14.7. The number of unbranched alkanes of at least 4 members (excludes halogenated alkanes) is 9. The van der Waals surface area contributed by atoms with E-state index in [9.17, 15) is 8.42 Å². The molecule has 4 nitrogen and oxygen atoms in total. The largest absolute Gasteiger partial charge is 0.296 e. The standard InChI is InChI=1S/C26H39INO3S/c1-24-14-16-25(17-15-24)32(29,30)31-23-11-9-7-5-3-2-4-6-8-10-18-26(19-12-21-27)20-13-22-28-26/h14-17H,2-11,13,18-20,22-23H2,1H3. The van der Waals surface area contributed by atoms with Gasteiger partial charge >= 0.3 is 0 Å². The molecule has 1 fully saturated rings. The molecule has 1 aromatic rings. The Bertz CT molecular complexity index is 806. The van der Waals surface area contributed by atoms with Crippen molar-refractivity contribution in [3.05, 3.63) is 29.8 Å². The zero-order valence-corrected chi connectivity index (χ0v) is 22.6. The molecule has 1 unspecified atom stereocenters. The van der Waals surface area contributed by atoms with E-state index >= 15 is 0 Å². The highest BCUT2D eigenvalue weighted by atomic mass is 127. The van der Waals surface area contributed by atoms with E-state index < -0.39 is 10.1 Å². The number of nitrogens with zero attached hydrogens (tertiary/aromatic N) is 1. The number of aryl methyl sites for hydroxylation is 1. The Balaban J connectivity index is 1.41. The Kier molecular flexibility index (Phi) is 13.2. The number of hydrogen-bond acceptors (Lipinski definition) is 3. The zero-order valence-electron chi connectivity index (χ0n) is 19.6. The van der Waals surface area contributed by atoms with E-state index in [-0.39, 0.29) is 17.0 Å². The summed E-state index contributed by atoms with van der Waals surface area (Å²) in [5.74, 6) is 3.25. The minimum Gasteiger partial charge on any atom is -0.266 e. The highest BCUT2D eigenvalue weighted by Gasteiger charge is 2.33. The highest BCUT2D eigenvalue weighted by Crippen LogP contribution is 2.30. The summed E-state index contributed by atoms with van der Waals surface area (Å²) < 4.78 is 32.4. The van der Waals surface area contributed by atoms with Gasteiger partial charge in [0, 0.05) is 41.1 Å². The Morgan fingerprint density at radius 1 is 0.969 bits per heavy atom. The van der Waals surface area contributed by atoms with Gasteiger partial charge < -0.3 is 0 Å². The van der Waals surface area contributed by atoms with E-state index in [1.165, 1.54) is 64.2 Å². The van der Waals surface area contributed by atoms with Crippen molar-refractivity contribution in [3.8, 4) is 9.85 Å². The van der Waals surface area contributed by atoms with Crippen LogP contribution in [0.2, 0.25) is 0 Å². The van der Waals surface area contributed by atoms with Gasteiger partial charge in [0.25, 0.3) is 10.1 Å². The van der Waals surface area contributed by atoms with Crippen molar-refractivity contribution >= 4 is 32.7 Å². The monoisotopic (exact) mass is 572 g/mol. The number of benzene rings is 1. The molecule has 0 spiro atoms. The second-order valence-electron chi connectivity index (χ2n) is 9.03. The molecule has 0 amide bonds. The van der Waals surface area contributed by atoms with Crippen molar-refractivity contribution in [2.24, 2.45) is 0 Å². The summed E-state index contributed by atoms with van der Waals surface area (Å²) in [6, 6.07) is 6.79. The topological polar surface area (TPSA) is 57.5 Å². The molecule has 32 heavy (non-hydrogen) atoms. The molecule has 2 rings (SSSR count). The van der Waals surface area contributed by atoms with Crippen molar-refractivity contribution in [1.29, 1.82) is 0 Å². The van der Waals surface area contributed by atoms with Crippen LogP contribution in [0.5, 0.6) is 0 Å². The summed E-state index contributed by atoms with van der Waals surface area (Å²) in [5, 5.41) is 4.88. The van der Waals surface area contributed by atoms with Crippen LogP contribution in [0.3, 0.4) is 0 Å². The fourth-order valence-electron chi connectivity index (χ4n) is 4.35. The number of rotatable bonds is 16. The maximum atomic E-state index is 12.1. The Morgan fingerprint density at radius 2 is 1.56 bits per heavy atom. The van der Waals surface area contributed by atoms with E-state index in [4.69, 9.17) is 9.50 Å². The predicted octanol–water partition coefficient (Wildman–Crippen LogP) is 6.91. The van der Waals surface area contributed by atoms with Crippen molar-refractivity contribution in [1.82, 2.24) is 5.32 Å². The summed E-state index contributed by atoms with van der Waals surface area (Å²) in [4.78, 5) is 0.241. The average molecular weight is 573 g/mol. The van der Waals surface area contributed by atoms with Gasteiger partial charge in [-0.2, -0.15) is 8.42 Å². The number of hydrogen-bond donors (Lipinski definition) is 0. The lowest BCUT2D eigenvalue weighted by atomic mass is 9.87. The maximum Gasteiger partial charge on any atom is 0.296 e. The molecular formula is C26H39INO3S. The lowest BCUT2D eigenvalue weighted by Crippen LogP contribution is -2.33. The summed E-state index contributed by atoms with van der Waals surface area (Å²) in [6.45, 7) is 3.23. The highest BCUT2D eigenvalue weighted by molar-refractivity contribution is 14.1.